The van der Waals surface area contributed by atoms with Gasteiger partial charge in [0.25, 0.3) is 0 Å². The van der Waals surface area contributed by atoms with Gasteiger partial charge < -0.3 is 4.74 Å². The van der Waals surface area contributed by atoms with Crippen LogP contribution in [0.4, 0.5) is 0 Å². The van der Waals surface area contributed by atoms with Gasteiger partial charge in [-0.3, -0.25) is 0 Å². The third kappa shape index (κ3) is 2.49. The Labute approximate surface area is 53.5 Å². The van der Waals surface area contributed by atoms with E-state index >= 15 is 0 Å². The summed E-state index contributed by atoms with van der Waals surface area (Å²) in [4.78, 5) is 0. The van der Waals surface area contributed by atoms with Gasteiger partial charge in [0.15, 0.2) is 0 Å². The Kier molecular flexibility index (Phi) is 3.86. The maximum absolute atomic E-state index is 4.80. The van der Waals surface area contributed by atoms with Crippen molar-refractivity contribution < 1.29 is 21.8 Å². The fourth-order valence-electron chi connectivity index (χ4n) is 0.346. The Morgan fingerprint density at radius 3 is 2.29 bits per heavy atom. The summed E-state index contributed by atoms with van der Waals surface area (Å²) in [7, 11) is 0. The number of ether oxygens (including phenoxy) is 1. The molecule has 0 aromatic carbocycles. The first-order valence-corrected chi connectivity index (χ1v) is 1.93. The molecule has 1 radical (unpaired) electrons. The zero-order chi connectivity index (χ0) is 4.24. The molecule has 0 fully saturated rings. The molecule has 0 unspecified atom stereocenters. The van der Waals surface area contributed by atoms with Crippen LogP contribution in [0.1, 0.15) is 0 Å². The Bertz CT molecular complexity index is 74.1. The minimum Gasteiger partial charge on any atom is -0.497 e. The van der Waals surface area contributed by atoms with Crippen LogP contribution in [0.2, 0.25) is 0 Å². The minimum atomic E-state index is 0. The smallest absolute Gasteiger partial charge is 0.106 e. The van der Waals surface area contributed by atoms with Crippen molar-refractivity contribution in [2.45, 2.75) is 0 Å². The molecule has 0 aromatic rings. The summed E-state index contributed by atoms with van der Waals surface area (Å²) in [5, 5.41) is 0. The monoisotopic (exact) mass is 145 g/mol. The van der Waals surface area contributed by atoms with Crippen molar-refractivity contribution in [3.8, 4) is 0 Å². The molecule has 0 N–H and O–H groups in total. The van der Waals surface area contributed by atoms with Gasteiger partial charge >= 0.3 is 0 Å². The molecule has 0 saturated heterocycles. The second kappa shape index (κ2) is 3.97. The summed E-state index contributed by atoms with van der Waals surface area (Å²) in [5.74, 6) is 0. The fourth-order valence-corrected chi connectivity index (χ4v) is 0.346. The van der Waals surface area contributed by atoms with Crippen molar-refractivity contribution in [1.29, 1.82) is 0 Å². The number of hydrogen-bond donors (Lipinski definition) is 0. The number of allylic oxidation sites excluding steroid dienone is 2. The van der Waals surface area contributed by atoms with E-state index in [4.69, 9.17) is 4.74 Å². The second-order valence-corrected chi connectivity index (χ2v) is 1.09. The molecule has 0 amide bonds. The normalized spacial score (nSPS) is 14.9. The van der Waals surface area contributed by atoms with Gasteiger partial charge in [-0.05, 0) is 12.2 Å². The molecule has 1 aliphatic rings. The Hall–Kier alpha value is -0.201. The van der Waals surface area contributed by atoms with Crippen LogP contribution in [0, 0.1) is 0 Å². The van der Waals surface area contributed by atoms with Crippen LogP contribution in [-0.4, -0.2) is 6.61 Å². The van der Waals surface area contributed by atoms with Crippen LogP contribution < -0.4 is 0 Å². The molecule has 0 aliphatic carbocycles. The van der Waals surface area contributed by atoms with Gasteiger partial charge in [0, 0.05) is 17.1 Å². The quantitative estimate of drug-likeness (QED) is 0.464. The van der Waals surface area contributed by atoms with E-state index in [0.717, 1.165) is 6.61 Å². The molecule has 1 rings (SSSR count). The third-order valence-corrected chi connectivity index (χ3v) is 0.614. The van der Waals surface area contributed by atoms with E-state index < -0.39 is 0 Å². The van der Waals surface area contributed by atoms with E-state index in [1.165, 1.54) is 0 Å². The summed E-state index contributed by atoms with van der Waals surface area (Å²) < 4.78 is 4.80. The molecular weight excluding hydrogens is 140 g/mol. The van der Waals surface area contributed by atoms with Crippen molar-refractivity contribution in [1.82, 2.24) is 0 Å². The van der Waals surface area contributed by atoms with Gasteiger partial charge in [-0.25, -0.2) is 0 Å². The molecule has 0 atom stereocenters. The molecule has 0 spiro atoms. The van der Waals surface area contributed by atoms with Gasteiger partial charge in [0.05, 0.1) is 6.26 Å². The fraction of sp³-hybridized carbons (Fsp3) is 0.200. The van der Waals surface area contributed by atoms with Crippen LogP contribution in [0.3, 0.4) is 0 Å². The molecule has 0 bridgehead atoms. The zero-order valence-electron chi connectivity index (χ0n) is 3.73. The molecule has 1 heterocycles. The van der Waals surface area contributed by atoms with Gasteiger partial charge in [0.1, 0.15) is 6.61 Å². The molecule has 7 heavy (non-hydrogen) atoms. The third-order valence-electron chi connectivity index (χ3n) is 0.614. The molecule has 1 nitrogen and oxygen atoms in total. The SMILES string of the molecule is C1=CCOC=C1.[Cu]. The summed E-state index contributed by atoms with van der Waals surface area (Å²) in [5.41, 5.74) is 0. The topological polar surface area (TPSA) is 9.23 Å². The average molecular weight is 146 g/mol. The summed E-state index contributed by atoms with van der Waals surface area (Å²) in [6, 6.07) is 0. The van der Waals surface area contributed by atoms with Crippen LogP contribution in [0.25, 0.3) is 0 Å². The standard InChI is InChI=1S/C5H6O.Cu/c1-2-4-6-5-3-1;/h1-4H,5H2;. The van der Waals surface area contributed by atoms with Crippen LogP contribution in [0.15, 0.2) is 24.5 Å². The Morgan fingerprint density at radius 2 is 2.14 bits per heavy atom. The molecular formula is C5H6CuO. The predicted molar refractivity (Wildman–Crippen MR) is 24.2 cm³/mol. The summed E-state index contributed by atoms with van der Waals surface area (Å²) in [6.07, 6.45) is 7.47. The van der Waals surface area contributed by atoms with E-state index in [1.807, 2.05) is 18.2 Å². The first-order valence-electron chi connectivity index (χ1n) is 1.93. The maximum Gasteiger partial charge on any atom is 0.106 e. The molecule has 1 aliphatic heterocycles. The van der Waals surface area contributed by atoms with Crippen molar-refractivity contribution in [2.24, 2.45) is 0 Å². The summed E-state index contributed by atoms with van der Waals surface area (Å²) >= 11 is 0. The van der Waals surface area contributed by atoms with Crippen LogP contribution in [0.5, 0.6) is 0 Å². The van der Waals surface area contributed by atoms with E-state index in [-0.39, 0.29) is 17.1 Å². The Balaban J connectivity index is 0.000000360. The van der Waals surface area contributed by atoms with Crippen molar-refractivity contribution in [3.63, 3.8) is 0 Å². The van der Waals surface area contributed by atoms with E-state index in [1.54, 1.807) is 6.26 Å². The molecule has 0 saturated carbocycles. The Morgan fingerprint density at radius 1 is 1.29 bits per heavy atom. The van der Waals surface area contributed by atoms with Crippen molar-refractivity contribution in [3.05, 3.63) is 24.5 Å². The van der Waals surface area contributed by atoms with Gasteiger partial charge in [-0.15, -0.1) is 0 Å². The second-order valence-electron chi connectivity index (χ2n) is 1.09. The van der Waals surface area contributed by atoms with Gasteiger partial charge in [-0.2, -0.15) is 0 Å². The number of hydrogen-bond acceptors (Lipinski definition) is 1. The minimum absolute atomic E-state index is 0. The largest absolute Gasteiger partial charge is 0.497 e. The van der Waals surface area contributed by atoms with E-state index in [2.05, 4.69) is 0 Å². The van der Waals surface area contributed by atoms with Crippen molar-refractivity contribution in [2.75, 3.05) is 6.61 Å². The maximum atomic E-state index is 4.80. The first kappa shape index (κ1) is 6.80. The van der Waals surface area contributed by atoms with E-state index in [0.29, 0.717) is 0 Å². The molecule has 43 valence electrons. The zero-order valence-corrected chi connectivity index (χ0v) is 4.67. The van der Waals surface area contributed by atoms with Crippen LogP contribution >= 0.6 is 0 Å². The molecule has 0 aromatic heterocycles. The van der Waals surface area contributed by atoms with E-state index in [9.17, 15) is 0 Å². The van der Waals surface area contributed by atoms with Crippen LogP contribution in [-0.2, 0) is 21.8 Å². The number of rotatable bonds is 0. The first-order chi connectivity index (χ1) is 3.00. The van der Waals surface area contributed by atoms with Crippen molar-refractivity contribution >= 4 is 0 Å². The average Bonchev–Trinajstić information content (AvgIpc) is 1.72. The molecule has 2 heteroatoms. The predicted octanol–water partition coefficient (Wildman–Crippen LogP) is 1.08. The van der Waals surface area contributed by atoms with Gasteiger partial charge in [-0.1, -0.05) is 6.08 Å². The summed E-state index contributed by atoms with van der Waals surface area (Å²) in [6.45, 7) is 0.733. The van der Waals surface area contributed by atoms with Gasteiger partial charge in [0.2, 0.25) is 0 Å².